The standard InChI is InChI=1S/C16H15N3O2/c1-10-6-12(8-13(18)7-10)15(16(20)21)19-14-4-2-11(9-17)3-5-14/h2-8,15,19H,18H2,1H3,(H,20,21). The smallest absolute Gasteiger partial charge is 0.330 e. The molecule has 0 saturated heterocycles. The fourth-order valence-corrected chi connectivity index (χ4v) is 2.11. The van der Waals surface area contributed by atoms with E-state index in [1.807, 2.05) is 13.0 Å². The molecule has 2 aromatic carbocycles. The molecule has 21 heavy (non-hydrogen) atoms. The highest BCUT2D eigenvalue weighted by Crippen LogP contribution is 2.23. The molecule has 0 aliphatic rings. The number of anilines is 2. The molecule has 0 heterocycles. The Morgan fingerprint density at radius 3 is 2.48 bits per heavy atom. The van der Waals surface area contributed by atoms with E-state index in [0.29, 0.717) is 22.5 Å². The highest BCUT2D eigenvalue weighted by Gasteiger charge is 2.20. The van der Waals surface area contributed by atoms with Crippen LogP contribution in [0, 0.1) is 18.3 Å². The zero-order valence-electron chi connectivity index (χ0n) is 11.5. The molecule has 5 heteroatoms. The van der Waals surface area contributed by atoms with Gasteiger partial charge in [0, 0.05) is 11.4 Å². The predicted octanol–water partition coefficient (Wildman–Crippen LogP) is 2.69. The third-order valence-electron chi connectivity index (χ3n) is 3.03. The number of hydrogen-bond acceptors (Lipinski definition) is 4. The van der Waals surface area contributed by atoms with Gasteiger partial charge in [0.25, 0.3) is 0 Å². The number of nitrogens with one attached hydrogen (secondary N) is 1. The van der Waals surface area contributed by atoms with E-state index in [0.717, 1.165) is 5.56 Å². The van der Waals surface area contributed by atoms with Gasteiger partial charge in [-0.1, -0.05) is 6.07 Å². The molecule has 0 spiro atoms. The van der Waals surface area contributed by atoms with Gasteiger partial charge in [0.2, 0.25) is 0 Å². The first-order valence-electron chi connectivity index (χ1n) is 6.36. The van der Waals surface area contributed by atoms with Crippen molar-refractivity contribution in [1.29, 1.82) is 5.26 Å². The molecule has 2 rings (SSSR count). The van der Waals surface area contributed by atoms with Gasteiger partial charge in [-0.25, -0.2) is 4.79 Å². The van der Waals surface area contributed by atoms with Crippen LogP contribution in [-0.4, -0.2) is 11.1 Å². The van der Waals surface area contributed by atoms with Gasteiger partial charge >= 0.3 is 5.97 Å². The minimum atomic E-state index is -0.996. The number of nitrogens with zero attached hydrogens (tertiary/aromatic N) is 1. The van der Waals surface area contributed by atoms with Crippen molar-refractivity contribution in [3.8, 4) is 6.07 Å². The van der Waals surface area contributed by atoms with E-state index in [9.17, 15) is 9.90 Å². The maximum absolute atomic E-state index is 11.5. The van der Waals surface area contributed by atoms with Crippen molar-refractivity contribution in [1.82, 2.24) is 0 Å². The Labute approximate surface area is 122 Å². The fourth-order valence-electron chi connectivity index (χ4n) is 2.11. The molecule has 0 aliphatic heterocycles. The lowest BCUT2D eigenvalue weighted by molar-refractivity contribution is -0.138. The summed E-state index contributed by atoms with van der Waals surface area (Å²) in [6, 6.07) is 12.9. The minimum absolute atomic E-state index is 0.521. The van der Waals surface area contributed by atoms with Crippen LogP contribution < -0.4 is 11.1 Å². The average molecular weight is 281 g/mol. The molecule has 0 fully saturated rings. The molecule has 0 aromatic heterocycles. The van der Waals surface area contributed by atoms with Gasteiger partial charge in [-0.15, -0.1) is 0 Å². The van der Waals surface area contributed by atoms with Gasteiger partial charge in [0.1, 0.15) is 0 Å². The van der Waals surface area contributed by atoms with Gasteiger partial charge in [-0.2, -0.15) is 5.26 Å². The van der Waals surface area contributed by atoms with Gasteiger partial charge in [0.15, 0.2) is 6.04 Å². The lowest BCUT2D eigenvalue weighted by Gasteiger charge is -2.17. The minimum Gasteiger partial charge on any atom is -0.479 e. The van der Waals surface area contributed by atoms with Crippen LogP contribution in [-0.2, 0) is 4.79 Å². The number of carboxylic acids is 1. The van der Waals surface area contributed by atoms with E-state index in [4.69, 9.17) is 11.0 Å². The summed E-state index contributed by atoms with van der Waals surface area (Å²) in [6.07, 6.45) is 0. The molecule has 0 saturated carbocycles. The lowest BCUT2D eigenvalue weighted by atomic mass is 10.0. The Morgan fingerprint density at radius 1 is 1.29 bits per heavy atom. The van der Waals surface area contributed by atoms with Crippen molar-refractivity contribution >= 4 is 17.3 Å². The molecular formula is C16H15N3O2. The zero-order chi connectivity index (χ0) is 15.4. The van der Waals surface area contributed by atoms with Crippen molar-refractivity contribution in [2.75, 3.05) is 11.1 Å². The molecule has 0 aliphatic carbocycles. The number of aliphatic carboxylic acids is 1. The van der Waals surface area contributed by atoms with E-state index in [2.05, 4.69) is 5.32 Å². The van der Waals surface area contributed by atoms with Crippen molar-refractivity contribution in [2.24, 2.45) is 0 Å². The molecular weight excluding hydrogens is 266 g/mol. The Hall–Kier alpha value is -3.00. The summed E-state index contributed by atoms with van der Waals surface area (Å²) in [5, 5.41) is 21.1. The van der Waals surface area contributed by atoms with Crippen LogP contribution in [0.25, 0.3) is 0 Å². The van der Waals surface area contributed by atoms with Gasteiger partial charge in [0.05, 0.1) is 11.6 Å². The van der Waals surface area contributed by atoms with Crippen molar-refractivity contribution < 1.29 is 9.90 Å². The second-order valence-corrected chi connectivity index (χ2v) is 4.78. The summed E-state index contributed by atoms with van der Waals surface area (Å²) in [5.41, 5.74) is 8.93. The number of rotatable bonds is 4. The van der Waals surface area contributed by atoms with Gasteiger partial charge in [-0.05, 0) is 54.4 Å². The third-order valence-corrected chi connectivity index (χ3v) is 3.03. The fraction of sp³-hybridized carbons (Fsp3) is 0.125. The predicted molar refractivity (Wildman–Crippen MR) is 80.7 cm³/mol. The van der Waals surface area contributed by atoms with E-state index < -0.39 is 12.0 Å². The average Bonchev–Trinajstić information content (AvgIpc) is 2.44. The number of nitrogen functional groups attached to an aromatic ring is 1. The van der Waals surface area contributed by atoms with E-state index >= 15 is 0 Å². The van der Waals surface area contributed by atoms with Crippen molar-refractivity contribution in [3.63, 3.8) is 0 Å². The molecule has 4 N–H and O–H groups in total. The first-order chi connectivity index (χ1) is 9.99. The van der Waals surface area contributed by atoms with Gasteiger partial charge in [-0.3, -0.25) is 0 Å². The topological polar surface area (TPSA) is 99.1 Å². The number of nitrogens with two attached hydrogens (primary N) is 1. The lowest BCUT2D eigenvalue weighted by Crippen LogP contribution is -2.20. The molecule has 0 radical (unpaired) electrons. The van der Waals surface area contributed by atoms with Crippen LogP contribution >= 0.6 is 0 Å². The Kier molecular flexibility index (Phi) is 4.10. The normalized spacial score (nSPS) is 11.4. The summed E-state index contributed by atoms with van der Waals surface area (Å²) in [7, 11) is 0. The van der Waals surface area contributed by atoms with Crippen LogP contribution in [0.3, 0.4) is 0 Å². The number of hydrogen-bond donors (Lipinski definition) is 3. The highest BCUT2D eigenvalue weighted by atomic mass is 16.4. The summed E-state index contributed by atoms with van der Waals surface area (Å²) >= 11 is 0. The first kappa shape index (κ1) is 14.4. The molecule has 0 amide bonds. The molecule has 106 valence electrons. The second kappa shape index (κ2) is 5.97. The Morgan fingerprint density at radius 2 is 1.95 bits per heavy atom. The summed E-state index contributed by atoms with van der Waals surface area (Å²) < 4.78 is 0. The summed E-state index contributed by atoms with van der Waals surface area (Å²) in [5.74, 6) is -0.996. The monoisotopic (exact) mass is 281 g/mol. The Bertz CT molecular complexity index is 682. The second-order valence-electron chi connectivity index (χ2n) is 4.78. The van der Waals surface area contributed by atoms with Crippen molar-refractivity contribution in [3.05, 3.63) is 59.2 Å². The van der Waals surface area contributed by atoms with Crippen LogP contribution in [0.2, 0.25) is 0 Å². The van der Waals surface area contributed by atoms with Gasteiger partial charge < -0.3 is 16.2 Å². The van der Waals surface area contributed by atoms with E-state index in [1.54, 1.807) is 42.5 Å². The van der Waals surface area contributed by atoms with Crippen LogP contribution in [0.4, 0.5) is 11.4 Å². The van der Waals surface area contributed by atoms with E-state index in [-0.39, 0.29) is 0 Å². The van der Waals surface area contributed by atoms with Crippen LogP contribution in [0.5, 0.6) is 0 Å². The summed E-state index contributed by atoms with van der Waals surface area (Å²) in [4.78, 5) is 11.5. The van der Waals surface area contributed by atoms with E-state index in [1.165, 1.54) is 0 Å². The maximum Gasteiger partial charge on any atom is 0.330 e. The Balaban J connectivity index is 2.30. The first-order valence-corrected chi connectivity index (χ1v) is 6.36. The van der Waals surface area contributed by atoms with Crippen molar-refractivity contribution in [2.45, 2.75) is 13.0 Å². The number of nitriles is 1. The van der Waals surface area contributed by atoms with Crippen LogP contribution in [0.15, 0.2) is 42.5 Å². The maximum atomic E-state index is 11.5. The molecule has 2 aromatic rings. The number of carbonyl (C=O) groups is 1. The molecule has 0 bridgehead atoms. The molecule has 1 unspecified atom stereocenters. The number of benzene rings is 2. The molecule has 5 nitrogen and oxygen atoms in total. The quantitative estimate of drug-likeness (QED) is 0.748. The zero-order valence-corrected chi connectivity index (χ0v) is 11.5. The van der Waals surface area contributed by atoms with Crippen LogP contribution in [0.1, 0.15) is 22.7 Å². The third kappa shape index (κ3) is 3.51. The number of carboxylic acid groups (broad SMARTS) is 1. The number of aryl methyl sites for hydroxylation is 1. The molecule has 1 atom stereocenters. The summed E-state index contributed by atoms with van der Waals surface area (Å²) in [6.45, 7) is 1.86. The largest absolute Gasteiger partial charge is 0.479 e. The highest BCUT2D eigenvalue weighted by molar-refractivity contribution is 5.80. The SMILES string of the molecule is Cc1cc(N)cc(C(Nc2ccc(C#N)cc2)C(=O)O)c1.